The minimum absolute atomic E-state index is 0.0488. The van der Waals surface area contributed by atoms with Gasteiger partial charge < -0.3 is 9.84 Å². The number of aromatic nitrogens is 2. The van der Waals surface area contributed by atoms with Crippen LogP contribution in [-0.4, -0.2) is 22.0 Å². The van der Waals surface area contributed by atoms with Crippen LogP contribution in [0.15, 0.2) is 30.3 Å². The van der Waals surface area contributed by atoms with E-state index in [0.717, 1.165) is 23.6 Å². The van der Waals surface area contributed by atoms with Gasteiger partial charge in [-0.25, -0.2) is 4.68 Å². The lowest BCUT2D eigenvalue weighted by Gasteiger charge is -2.06. The summed E-state index contributed by atoms with van der Waals surface area (Å²) in [6.07, 6.45) is 0.819. The van der Waals surface area contributed by atoms with Gasteiger partial charge in [0.1, 0.15) is 5.75 Å². The van der Waals surface area contributed by atoms with Crippen LogP contribution in [0.1, 0.15) is 12.6 Å². The highest BCUT2D eigenvalue weighted by atomic mass is 16.5. The number of hydrogen-bond donors (Lipinski definition) is 1. The lowest BCUT2D eigenvalue weighted by atomic mass is 10.3. The summed E-state index contributed by atoms with van der Waals surface area (Å²) < 4.78 is 6.82. The SMILES string of the molecule is CCc1cc(O)nn1-c1ccc(OC)cc1. The molecule has 84 valence electrons. The fourth-order valence-corrected chi connectivity index (χ4v) is 1.60. The van der Waals surface area contributed by atoms with Crippen molar-refractivity contribution < 1.29 is 9.84 Å². The molecule has 0 atom stereocenters. The van der Waals surface area contributed by atoms with Crippen LogP contribution >= 0.6 is 0 Å². The van der Waals surface area contributed by atoms with Crippen molar-refractivity contribution in [1.29, 1.82) is 0 Å². The van der Waals surface area contributed by atoms with E-state index in [1.165, 1.54) is 0 Å². The molecule has 1 aromatic carbocycles. The zero-order chi connectivity index (χ0) is 11.5. The summed E-state index contributed by atoms with van der Waals surface area (Å²) in [5, 5.41) is 13.4. The van der Waals surface area contributed by atoms with Gasteiger partial charge in [-0.15, -0.1) is 5.10 Å². The number of ether oxygens (including phenoxy) is 1. The Kier molecular flexibility index (Phi) is 2.81. The Balaban J connectivity index is 2.41. The standard InChI is InChI=1S/C12H14N2O2/c1-3-9-8-12(15)13-14(9)10-4-6-11(16-2)7-5-10/h4-8H,3H2,1-2H3,(H,13,15). The third kappa shape index (κ3) is 1.86. The highest BCUT2D eigenvalue weighted by molar-refractivity contribution is 5.39. The highest BCUT2D eigenvalue weighted by Crippen LogP contribution is 2.19. The second-order valence-corrected chi connectivity index (χ2v) is 3.46. The number of benzene rings is 1. The Hall–Kier alpha value is -1.97. The molecule has 0 aliphatic rings. The van der Waals surface area contributed by atoms with Gasteiger partial charge in [-0.3, -0.25) is 0 Å². The van der Waals surface area contributed by atoms with Gasteiger partial charge in [0.25, 0.3) is 0 Å². The molecule has 4 nitrogen and oxygen atoms in total. The fraction of sp³-hybridized carbons (Fsp3) is 0.250. The summed E-state index contributed by atoms with van der Waals surface area (Å²) >= 11 is 0. The second kappa shape index (κ2) is 4.26. The lowest BCUT2D eigenvalue weighted by molar-refractivity contribution is 0.414. The van der Waals surface area contributed by atoms with Crippen LogP contribution < -0.4 is 4.74 Å². The summed E-state index contributed by atoms with van der Waals surface area (Å²) in [6, 6.07) is 9.22. The molecule has 0 saturated carbocycles. The molecule has 0 unspecified atom stereocenters. The number of methoxy groups -OCH3 is 1. The minimum atomic E-state index is 0.0488. The van der Waals surface area contributed by atoms with Crippen molar-refractivity contribution in [2.24, 2.45) is 0 Å². The molecule has 2 aromatic rings. The molecule has 1 heterocycles. The van der Waals surface area contributed by atoms with Gasteiger partial charge in [0, 0.05) is 11.8 Å². The molecule has 0 aliphatic heterocycles. The summed E-state index contributed by atoms with van der Waals surface area (Å²) in [6.45, 7) is 2.02. The third-order valence-electron chi connectivity index (χ3n) is 2.45. The smallest absolute Gasteiger partial charge is 0.230 e. The molecular weight excluding hydrogens is 204 g/mol. The molecule has 1 aromatic heterocycles. The zero-order valence-corrected chi connectivity index (χ0v) is 9.34. The zero-order valence-electron chi connectivity index (χ0n) is 9.34. The molecular formula is C12H14N2O2. The molecule has 0 amide bonds. The maximum Gasteiger partial charge on any atom is 0.230 e. The van der Waals surface area contributed by atoms with Crippen molar-refractivity contribution in [2.75, 3.05) is 7.11 Å². The van der Waals surface area contributed by atoms with Gasteiger partial charge in [0.05, 0.1) is 12.8 Å². The first-order valence-corrected chi connectivity index (χ1v) is 5.17. The van der Waals surface area contributed by atoms with Crippen LogP contribution in [0.4, 0.5) is 0 Å². The average Bonchev–Trinajstić information content (AvgIpc) is 2.70. The van der Waals surface area contributed by atoms with E-state index in [1.807, 2.05) is 31.2 Å². The molecule has 0 aliphatic carbocycles. The fourth-order valence-electron chi connectivity index (χ4n) is 1.60. The van der Waals surface area contributed by atoms with Crippen molar-refractivity contribution >= 4 is 0 Å². The minimum Gasteiger partial charge on any atom is -0.497 e. The van der Waals surface area contributed by atoms with Gasteiger partial charge in [-0.2, -0.15) is 0 Å². The predicted molar refractivity (Wildman–Crippen MR) is 61.2 cm³/mol. The Morgan fingerprint density at radius 1 is 1.31 bits per heavy atom. The summed E-state index contributed by atoms with van der Waals surface area (Å²) in [5.74, 6) is 0.853. The van der Waals surface area contributed by atoms with Crippen LogP contribution in [0.25, 0.3) is 5.69 Å². The maximum absolute atomic E-state index is 9.37. The van der Waals surface area contributed by atoms with E-state index in [9.17, 15) is 5.11 Å². The van der Waals surface area contributed by atoms with Gasteiger partial charge in [0.15, 0.2) is 0 Å². The van der Waals surface area contributed by atoms with Gasteiger partial charge in [-0.05, 0) is 30.7 Å². The number of rotatable bonds is 3. The van der Waals surface area contributed by atoms with Crippen LogP contribution in [0.3, 0.4) is 0 Å². The topological polar surface area (TPSA) is 47.3 Å². The quantitative estimate of drug-likeness (QED) is 0.858. The summed E-state index contributed by atoms with van der Waals surface area (Å²) in [7, 11) is 1.63. The largest absolute Gasteiger partial charge is 0.497 e. The maximum atomic E-state index is 9.37. The third-order valence-corrected chi connectivity index (χ3v) is 2.45. The van der Waals surface area contributed by atoms with Gasteiger partial charge in [-0.1, -0.05) is 6.92 Å². The number of hydrogen-bond acceptors (Lipinski definition) is 3. The molecule has 0 spiro atoms. The second-order valence-electron chi connectivity index (χ2n) is 3.46. The normalized spacial score (nSPS) is 10.4. The van der Waals surface area contributed by atoms with Crippen LogP contribution in [0.5, 0.6) is 11.6 Å². The molecule has 16 heavy (non-hydrogen) atoms. The monoisotopic (exact) mass is 218 g/mol. The average molecular weight is 218 g/mol. The first-order valence-electron chi connectivity index (χ1n) is 5.17. The number of aryl methyl sites for hydroxylation is 1. The van der Waals surface area contributed by atoms with E-state index in [1.54, 1.807) is 17.9 Å². The molecule has 1 N–H and O–H groups in total. The Morgan fingerprint density at radius 2 is 2.00 bits per heavy atom. The lowest BCUT2D eigenvalue weighted by Crippen LogP contribution is -2.00. The molecule has 0 bridgehead atoms. The van der Waals surface area contributed by atoms with E-state index < -0.39 is 0 Å². The molecule has 4 heteroatoms. The van der Waals surface area contributed by atoms with Crippen molar-refractivity contribution in [3.05, 3.63) is 36.0 Å². The van der Waals surface area contributed by atoms with Crippen molar-refractivity contribution in [2.45, 2.75) is 13.3 Å². The first kappa shape index (κ1) is 10.5. The molecule has 0 radical (unpaired) electrons. The van der Waals surface area contributed by atoms with Gasteiger partial charge in [0.2, 0.25) is 5.88 Å². The Morgan fingerprint density at radius 3 is 2.56 bits per heavy atom. The van der Waals surface area contributed by atoms with Crippen LogP contribution in [0.2, 0.25) is 0 Å². The van der Waals surface area contributed by atoms with Crippen molar-refractivity contribution in [3.8, 4) is 17.3 Å². The number of aromatic hydroxyl groups is 1. The van der Waals surface area contributed by atoms with E-state index >= 15 is 0 Å². The van der Waals surface area contributed by atoms with Gasteiger partial charge >= 0.3 is 0 Å². The van der Waals surface area contributed by atoms with E-state index in [4.69, 9.17) is 4.74 Å². The molecule has 0 saturated heterocycles. The van der Waals surface area contributed by atoms with Crippen LogP contribution in [0, 0.1) is 0 Å². The van der Waals surface area contributed by atoms with E-state index in [0.29, 0.717) is 0 Å². The van der Waals surface area contributed by atoms with Crippen molar-refractivity contribution in [3.63, 3.8) is 0 Å². The van der Waals surface area contributed by atoms with E-state index in [2.05, 4.69) is 5.10 Å². The highest BCUT2D eigenvalue weighted by Gasteiger charge is 2.07. The van der Waals surface area contributed by atoms with Crippen molar-refractivity contribution in [1.82, 2.24) is 9.78 Å². The Bertz CT molecular complexity index is 474. The Labute approximate surface area is 94.1 Å². The summed E-state index contributed by atoms with van der Waals surface area (Å²) in [4.78, 5) is 0. The molecule has 0 fully saturated rings. The number of nitrogens with zero attached hydrogens (tertiary/aromatic N) is 2. The summed E-state index contributed by atoms with van der Waals surface area (Å²) in [5.41, 5.74) is 1.89. The molecule has 2 rings (SSSR count). The van der Waals surface area contributed by atoms with E-state index in [-0.39, 0.29) is 5.88 Å². The van der Waals surface area contributed by atoms with Crippen LogP contribution in [-0.2, 0) is 6.42 Å². The predicted octanol–water partition coefficient (Wildman–Crippen LogP) is 2.15. The first-order chi connectivity index (χ1) is 7.74.